The maximum Gasteiger partial charge on any atom is 0.232 e. The Morgan fingerprint density at radius 2 is 1.83 bits per heavy atom. The second-order valence-corrected chi connectivity index (χ2v) is 5.81. The number of nitrogens with one attached hydrogen (secondary N) is 1. The number of anilines is 1. The number of carbonyl (C=O) groups excluding carboxylic acids is 1. The molecule has 1 N–H and O–H groups in total. The monoisotopic (exact) mass is 249 g/mol. The molecule has 0 saturated heterocycles. The Kier molecular flexibility index (Phi) is 2.80. The minimum absolute atomic E-state index is 0.00414. The Hall–Kier alpha value is -1.65. The molecule has 1 amide bonds. The molecule has 0 unspecified atom stereocenters. The van der Waals surface area contributed by atoms with Gasteiger partial charge in [0.05, 0.1) is 19.5 Å². The van der Waals surface area contributed by atoms with E-state index in [1.54, 1.807) is 0 Å². The molecule has 0 spiro atoms. The largest absolute Gasteiger partial charge is 0.480 e. The third-order valence-corrected chi connectivity index (χ3v) is 4.37. The molecule has 1 saturated carbocycles. The van der Waals surface area contributed by atoms with E-state index < -0.39 is 0 Å². The Labute approximate surface area is 107 Å². The van der Waals surface area contributed by atoms with Crippen LogP contribution in [0.5, 0.6) is 5.88 Å². The highest BCUT2D eigenvalue weighted by Gasteiger charge is 2.68. The van der Waals surface area contributed by atoms with Gasteiger partial charge in [-0.05, 0) is 10.8 Å². The summed E-state index contributed by atoms with van der Waals surface area (Å²) in [5, 5.41) is 2.80. The molecule has 1 aromatic heterocycles. The van der Waals surface area contributed by atoms with Gasteiger partial charge in [0.1, 0.15) is 0 Å². The average Bonchev–Trinajstić information content (AvgIpc) is 2.70. The van der Waals surface area contributed by atoms with Crippen LogP contribution in [0.3, 0.4) is 0 Å². The molecule has 1 fully saturated rings. The lowest BCUT2D eigenvalue weighted by atomic mass is 10.0. The van der Waals surface area contributed by atoms with Crippen molar-refractivity contribution < 1.29 is 9.53 Å². The van der Waals surface area contributed by atoms with E-state index in [9.17, 15) is 4.79 Å². The molecule has 98 valence electrons. The van der Waals surface area contributed by atoms with E-state index >= 15 is 0 Å². The highest BCUT2D eigenvalue weighted by molar-refractivity contribution is 5.95. The second kappa shape index (κ2) is 3.93. The van der Waals surface area contributed by atoms with Crippen molar-refractivity contribution in [1.82, 2.24) is 9.97 Å². The maximum atomic E-state index is 12.2. The predicted octanol–water partition coefficient (Wildman–Crippen LogP) is 2.11. The number of carbonyl (C=O) groups is 1. The highest BCUT2D eigenvalue weighted by Crippen LogP contribution is 2.68. The number of ether oxygens (including phenoxy) is 1. The van der Waals surface area contributed by atoms with Crippen molar-refractivity contribution in [3.8, 4) is 5.88 Å². The summed E-state index contributed by atoms with van der Waals surface area (Å²) in [6.45, 7) is 8.43. The van der Waals surface area contributed by atoms with Gasteiger partial charge in [-0.1, -0.05) is 27.7 Å². The van der Waals surface area contributed by atoms with E-state index in [-0.39, 0.29) is 22.7 Å². The third-order valence-electron chi connectivity index (χ3n) is 4.37. The summed E-state index contributed by atoms with van der Waals surface area (Å²) < 4.78 is 4.91. The van der Waals surface area contributed by atoms with Crippen LogP contribution in [0.1, 0.15) is 27.7 Å². The fourth-order valence-electron chi connectivity index (χ4n) is 2.54. The number of hydrogen-bond acceptors (Lipinski definition) is 4. The zero-order valence-electron chi connectivity index (χ0n) is 11.4. The van der Waals surface area contributed by atoms with Crippen molar-refractivity contribution >= 4 is 11.7 Å². The summed E-state index contributed by atoms with van der Waals surface area (Å²) >= 11 is 0. The molecule has 5 nitrogen and oxygen atoms in total. The van der Waals surface area contributed by atoms with E-state index in [2.05, 4.69) is 43.0 Å². The van der Waals surface area contributed by atoms with E-state index in [4.69, 9.17) is 4.74 Å². The summed E-state index contributed by atoms with van der Waals surface area (Å²) in [4.78, 5) is 20.2. The molecule has 0 aromatic carbocycles. The Balaban J connectivity index is 2.05. The quantitative estimate of drug-likeness (QED) is 0.891. The third kappa shape index (κ3) is 1.83. The lowest BCUT2D eigenvalue weighted by Crippen LogP contribution is -2.18. The molecular weight excluding hydrogens is 230 g/mol. The number of amides is 1. The molecular formula is C13H19N3O2. The molecule has 0 bridgehead atoms. The Bertz CT molecular complexity index is 452. The summed E-state index contributed by atoms with van der Waals surface area (Å²) in [5.41, 5.74) is 0.0496. The number of hydrogen-bond donors (Lipinski definition) is 1. The first-order chi connectivity index (χ1) is 8.30. The van der Waals surface area contributed by atoms with Gasteiger partial charge in [0.25, 0.3) is 0 Å². The van der Waals surface area contributed by atoms with E-state index in [0.29, 0.717) is 11.7 Å². The first-order valence-electron chi connectivity index (χ1n) is 5.97. The van der Waals surface area contributed by atoms with Gasteiger partial charge in [-0.25, -0.2) is 9.97 Å². The predicted molar refractivity (Wildman–Crippen MR) is 68.3 cm³/mol. The Morgan fingerprint density at radius 1 is 1.22 bits per heavy atom. The van der Waals surface area contributed by atoms with Crippen molar-refractivity contribution in [1.29, 1.82) is 0 Å². The van der Waals surface area contributed by atoms with Crippen LogP contribution in [-0.2, 0) is 4.79 Å². The van der Waals surface area contributed by atoms with Crippen molar-refractivity contribution in [3.05, 3.63) is 12.4 Å². The van der Waals surface area contributed by atoms with Crippen molar-refractivity contribution in [3.63, 3.8) is 0 Å². The summed E-state index contributed by atoms with van der Waals surface area (Å²) in [5.74, 6) is 0.901. The normalized spacial score (nSPS) is 20.3. The molecule has 18 heavy (non-hydrogen) atoms. The van der Waals surface area contributed by atoms with Crippen LogP contribution in [0.15, 0.2) is 12.4 Å². The van der Waals surface area contributed by atoms with Crippen LogP contribution < -0.4 is 10.1 Å². The van der Waals surface area contributed by atoms with Crippen LogP contribution in [0.2, 0.25) is 0 Å². The molecule has 5 heteroatoms. The van der Waals surface area contributed by atoms with Gasteiger partial charge < -0.3 is 10.1 Å². The van der Waals surface area contributed by atoms with E-state index in [1.807, 2.05) is 0 Å². The van der Waals surface area contributed by atoms with E-state index in [0.717, 1.165) is 0 Å². The fraction of sp³-hybridized carbons (Fsp3) is 0.615. The SMILES string of the molecule is COc1cnc(NC(=O)C2C(C)(C)C2(C)C)cn1. The first kappa shape index (κ1) is 12.8. The Morgan fingerprint density at radius 3 is 2.22 bits per heavy atom. The smallest absolute Gasteiger partial charge is 0.232 e. The molecule has 2 rings (SSSR count). The second-order valence-electron chi connectivity index (χ2n) is 5.81. The van der Waals surface area contributed by atoms with Crippen molar-refractivity contribution in [2.45, 2.75) is 27.7 Å². The average molecular weight is 249 g/mol. The molecule has 0 atom stereocenters. The van der Waals surface area contributed by atoms with Gasteiger partial charge in [0, 0.05) is 5.92 Å². The molecule has 0 aliphatic heterocycles. The summed E-state index contributed by atoms with van der Waals surface area (Å²) in [6, 6.07) is 0. The maximum absolute atomic E-state index is 12.2. The van der Waals surface area contributed by atoms with Gasteiger partial charge in [-0.15, -0.1) is 0 Å². The number of aromatic nitrogens is 2. The molecule has 1 aliphatic rings. The van der Waals surface area contributed by atoms with Gasteiger partial charge in [0.15, 0.2) is 5.82 Å². The van der Waals surface area contributed by atoms with Crippen LogP contribution >= 0.6 is 0 Å². The minimum Gasteiger partial charge on any atom is -0.480 e. The molecule has 1 aliphatic carbocycles. The standard InChI is InChI=1S/C13H19N3O2/c1-12(2)10(13(12,3)4)11(17)16-8-6-15-9(18-5)7-14-8/h6-7,10H,1-5H3,(H,14,16,17). The topological polar surface area (TPSA) is 64.1 Å². The zero-order chi connectivity index (χ0) is 13.6. The number of methoxy groups -OCH3 is 1. The summed E-state index contributed by atoms with van der Waals surface area (Å²) in [7, 11) is 1.53. The molecule has 0 radical (unpaired) electrons. The fourth-order valence-corrected chi connectivity index (χ4v) is 2.54. The minimum atomic E-state index is 0.00414. The van der Waals surface area contributed by atoms with Crippen LogP contribution in [-0.4, -0.2) is 23.0 Å². The van der Waals surface area contributed by atoms with Crippen molar-refractivity contribution in [2.75, 3.05) is 12.4 Å². The highest BCUT2D eigenvalue weighted by atomic mass is 16.5. The van der Waals surface area contributed by atoms with Gasteiger partial charge in [0.2, 0.25) is 11.8 Å². The first-order valence-corrected chi connectivity index (χ1v) is 5.97. The van der Waals surface area contributed by atoms with E-state index in [1.165, 1.54) is 19.5 Å². The van der Waals surface area contributed by atoms with Crippen LogP contribution in [0, 0.1) is 16.7 Å². The zero-order valence-corrected chi connectivity index (χ0v) is 11.4. The van der Waals surface area contributed by atoms with Gasteiger partial charge in [-0.3, -0.25) is 4.79 Å². The molecule has 1 aromatic rings. The van der Waals surface area contributed by atoms with Gasteiger partial charge in [-0.2, -0.15) is 0 Å². The van der Waals surface area contributed by atoms with Crippen molar-refractivity contribution in [2.24, 2.45) is 16.7 Å². The number of nitrogens with zero attached hydrogens (tertiary/aromatic N) is 2. The molecule has 1 heterocycles. The lowest BCUT2D eigenvalue weighted by molar-refractivity contribution is -0.118. The van der Waals surface area contributed by atoms with Crippen LogP contribution in [0.4, 0.5) is 5.82 Å². The summed E-state index contributed by atoms with van der Waals surface area (Å²) in [6.07, 6.45) is 2.98. The van der Waals surface area contributed by atoms with Crippen LogP contribution in [0.25, 0.3) is 0 Å². The number of rotatable bonds is 3. The lowest BCUT2D eigenvalue weighted by Gasteiger charge is -2.05. The van der Waals surface area contributed by atoms with Gasteiger partial charge >= 0.3 is 0 Å².